The first-order valence-corrected chi connectivity index (χ1v) is 16.8. The summed E-state index contributed by atoms with van der Waals surface area (Å²) in [5.41, 5.74) is 5.58. The molecule has 0 aliphatic rings. The van der Waals surface area contributed by atoms with Crippen LogP contribution in [0.25, 0.3) is 11.1 Å². The Balaban J connectivity index is 1.34. The number of aromatic nitrogens is 2. The number of hydrogen-bond acceptors (Lipinski definition) is 9. The van der Waals surface area contributed by atoms with Gasteiger partial charge in [-0.1, -0.05) is 59.6 Å². The minimum Gasteiger partial charge on any atom is -0.492 e. The van der Waals surface area contributed by atoms with Crippen molar-refractivity contribution in [2.75, 3.05) is 19.8 Å². The Kier molecular flexibility index (Phi) is 12.7. The molecule has 9 nitrogen and oxygen atoms in total. The second kappa shape index (κ2) is 17.3. The predicted molar refractivity (Wildman–Crippen MR) is 194 cm³/mol. The van der Waals surface area contributed by atoms with E-state index in [1.165, 1.54) is 6.20 Å². The molecule has 0 saturated heterocycles. The van der Waals surface area contributed by atoms with Crippen molar-refractivity contribution in [3.63, 3.8) is 0 Å². The maximum absolute atomic E-state index is 9.78. The van der Waals surface area contributed by atoms with Crippen LogP contribution in [0.3, 0.4) is 0 Å². The van der Waals surface area contributed by atoms with E-state index in [0.717, 1.165) is 27.9 Å². The second-order valence-electron chi connectivity index (χ2n) is 12.0. The van der Waals surface area contributed by atoms with E-state index in [4.69, 9.17) is 37.4 Å². The Morgan fingerprint density at radius 1 is 0.840 bits per heavy atom. The van der Waals surface area contributed by atoms with Gasteiger partial charge in [-0.15, -0.1) is 0 Å². The lowest BCUT2D eigenvalue weighted by molar-refractivity contribution is 0.103. The van der Waals surface area contributed by atoms with Gasteiger partial charge in [-0.2, -0.15) is 5.26 Å². The van der Waals surface area contributed by atoms with Crippen molar-refractivity contribution in [1.82, 2.24) is 15.3 Å². The summed E-state index contributed by atoms with van der Waals surface area (Å²) in [6.07, 6.45) is 5.54. The van der Waals surface area contributed by atoms with Gasteiger partial charge in [0.15, 0.2) is 0 Å². The molecular weight excluding hydrogens is 675 g/mol. The molecular formula is C39H38Cl2N4O5. The lowest BCUT2D eigenvalue weighted by atomic mass is 9.96. The zero-order valence-electron chi connectivity index (χ0n) is 27.8. The smallest absolute Gasteiger partial charge is 0.142 e. The van der Waals surface area contributed by atoms with Crippen molar-refractivity contribution in [1.29, 1.82) is 5.26 Å². The molecule has 0 aliphatic carbocycles. The Hall–Kier alpha value is -4.69. The third-order valence-corrected chi connectivity index (χ3v) is 8.95. The number of benzene rings is 3. The van der Waals surface area contributed by atoms with Crippen LogP contribution in [-0.2, 0) is 26.2 Å². The summed E-state index contributed by atoms with van der Waals surface area (Å²) in [4.78, 5) is 8.47. The molecule has 3 N–H and O–H groups in total. The van der Waals surface area contributed by atoms with Gasteiger partial charge >= 0.3 is 0 Å². The highest BCUT2D eigenvalue weighted by Gasteiger charge is 2.23. The molecule has 50 heavy (non-hydrogen) atoms. The average Bonchev–Trinajstić information content (AvgIpc) is 3.14. The lowest BCUT2D eigenvalue weighted by Gasteiger charge is -2.27. The van der Waals surface area contributed by atoms with Gasteiger partial charge in [0.05, 0.1) is 41.0 Å². The molecule has 0 aliphatic heterocycles. The van der Waals surface area contributed by atoms with E-state index in [0.29, 0.717) is 57.0 Å². The highest BCUT2D eigenvalue weighted by Crippen LogP contribution is 2.39. The quantitative estimate of drug-likeness (QED) is 0.0969. The first-order valence-electron chi connectivity index (χ1n) is 16.0. The summed E-state index contributed by atoms with van der Waals surface area (Å²) >= 11 is 13.6. The van der Waals surface area contributed by atoms with Crippen LogP contribution < -0.4 is 19.5 Å². The largest absolute Gasteiger partial charge is 0.492 e. The van der Waals surface area contributed by atoms with Gasteiger partial charge in [-0.05, 0) is 60.9 Å². The van der Waals surface area contributed by atoms with E-state index in [9.17, 15) is 15.5 Å². The molecule has 5 rings (SSSR count). The molecule has 0 fully saturated rings. The van der Waals surface area contributed by atoms with Crippen molar-refractivity contribution >= 4 is 23.2 Å². The third kappa shape index (κ3) is 9.30. The summed E-state index contributed by atoms with van der Waals surface area (Å²) in [6.45, 7) is 4.24. The van der Waals surface area contributed by atoms with Gasteiger partial charge in [0.1, 0.15) is 36.5 Å². The summed E-state index contributed by atoms with van der Waals surface area (Å²) in [5.74, 6) is 1.49. The molecule has 0 unspecified atom stereocenters. The number of rotatable bonds is 16. The molecule has 0 spiro atoms. The molecule has 3 aromatic carbocycles. The van der Waals surface area contributed by atoms with Crippen LogP contribution in [0.1, 0.15) is 40.4 Å². The van der Waals surface area contributed by atoms with Crippen LogP contribution in [0.4, 0.5) is 0 Å². The number of ether oxygens (including phenoxy) is 3. The second-order valence-corrected chi connectivity index (χ2v) is 12.8. The molecule has 11 heteroatoms. The molecule has 0 amide bonds. The number of nitriles is 1. The van der Waals surface area contributed by atoms with Crippen LogP contribution in [0.2, 0.25) is 10.0 Å². The fraction of sp³-hybridized carbons (Fsp3) is 0.256. The van der Waals surface area contributed by atoms with Crippen LogP contribution in [0.5, 0.6) is 17.2 Å². The van der Waals surface area contributed by atoms with E-state index in [1.54, 1.807) is 37.5 Å². The molecule has 0 atom stereocenters. The maximum atomic E-state index is 9.78. The standard InChI is InChI=1S/C39H38Cl2N4O5/c1-26-29(7-5-9-32(26)33-10-6-11-35(38(33)41)48-14-12-31-8-3-4-13-44-31)23-50-37-17-36(49-22-28-15-27(18-42)19-43-20-28)30(16-34(37)40)21-45-39(2,24-46)25-47/h3-11,13,15-17,19-20,45-47H,12,14,21-25H2,1-2H3. The van der Waals surface area contributed by atoms with Crippen LogP contribution in [-0.4, -0.2) is 45.5 Å². The van der Waals surface area contributed by atoms with Crippen LogP contribution >= 0.6 is 23.2 Å². The number of hydrogen-bond donors (Lipinski definition) is 3. The van der Waals surface area contributed by atoms with E-state index in [-0.39, 0.29) is 33.0 Å². The first-order chi connectivity index (χ1) is 24.2. The van der Waals surface area contributed by atoms with Gasteiger partial charge in [-0.3, -0.25) is 9.97 Å². The average molecular weight is 714 g/mol. The number of nitrogens with one attached hydrogen (secondary N) is 1. The van der Waals surface area contributed by atoms with Gasteiger partial charge in [-0.25, -0.2) is 0 Å². The zero-order valence-corrected chi connectivity index (χ0v) is 29.3. The molecule has 0 saturated carbocycles. The van der Waals surface area contributed by atoms with Crippen molar-refractivity contribution in [2.24, 2.45) is 0 Å². The molecule has 2 heterocycles. The number of nitrogens with zero attached hydrogens (tertiary/aromatic N) is 3. The van der Waals surface area contributed by atoms with Crippen molar-refractivity contribution < 1.29 is 24.4 Å². The normalized spacial score (nSPS) is 11.2. The summed E-state index contributed by atoms with van der Waals surface area (Å²) < 4.78 is 18.5. The van der Waals surface area contributed by atoms with E-state index in [2.05, 4.69) is 21.4 Å². The third-order valence-electron chi connectivity index (χ3n) is 8.26. The molecule has 5 aromatic rings. The fourth-order valence-corrected chi connectivity index (χ4v) is 5.67. The van der Waals surface area contributed by atoms with Crippen LogP contribution in [0, 0.1) is 18.3 Å². The fourth-order valence-electron chi connectivity index (χ4n) is 5.15. The molecule has 258 valence electrons. The van der Waals surface area contributed by atoms with Crippen molar-refractivity contribution in [3.8, 4) is 34.4 Å². The number of pyridine rings is 2. The van der Waals surface area contributed by atoms with E-state index >= 15 is 0 Å². The zero-order chi connectivity index (χ0) is 35.5. The van der Waals surface area contributed by atoms with E-state index < -0.39 is 5.54 Å². The van der Waals surface area contributed by atoms with Crippen molar-refractivity contribution in [3.05, 3.63) is 135 Å². The Bertz CT molecular complexity index is 1950. The molecule has 2 aromatic heterocycles. The number of halogens is 2. The monoisotopic (exact) mass is 712 g/mol. The highest BCUT2D eigenvalue weighted by atomic mass is 35.5. The number of aliphatic hydroxyl groups excluding tert-OH is 2. The molecule has 0 bridgehead atoms. The summed E-state index contributed by atoms with van der Waals surface area (Å²) in [6, 6.07) is 24.8. The molecule has 0 radical (unpaired) electrons. The Morgan fingerprint density at radius 2 is 1.62 bits per heavy atom. The minimum atomic E-state index is -0.916. The SMILES string of the molecule is Cc1c(COc2cc(OCc3cncc(C#N)c3)c(CNC(C)(CO)CO)cc2Cl)cccc1-c1cccc(OCCc2ccccn2)c1Cl. The number of aliphatic hydroxyl groups is 2. The highest BCUT2D eigenvalue weighted by molar-refractivity contribution is 6.35. The first kappa shape index (κ1) is 36.6. The minimum absolute atomic E-state index is 0.141. The van der Waals surface area contributed by atoms with Gasteiger partial charge in [0.2, 0.25) is 0 Å². The van der Waals surface area contributed by atoms with Gasteiger partial charge < -0.3 is 29.7 Å². The van der Waals surface area contributed by atoms with Crippen LogP contribution in [0.15, 0.2) is 91.4 Å². The predicted octanol–water partition coefficient (Wildman–Crippen LogP) is 7.24. The Labute approximate surface area is 302 Å². The maximum Gasteiger partial charge on any atom is 0.142 e. The lowest BCUT2D eigenvalue weighted by Crippen LogP contribution is -2.48. The van der Waals surface area contributed by atoms with Gasteiger partial charge in [0, 0.05) is 60.0 Å². The van der Waals surface area contributed by atoms with Gasteiger partial charge in [0.25, 0.3) is 0 Å². The summed E-state index contributed by atoms with van der Waals surface area (Å²) in [7, 11) is 0. The summed E-state index contributed by atoms with van der Waals surface area (Å²) in [5, 5.41) is 32.9. The Morgan fingerprint density at radius 3 is 2.38 bits per heavy atom. The van der Waals surface area contributed by atoms with E-state index in [1.807, 2.05) is 61.5 Å². The van der Waals surface area contributed by atoms with Crippen molar-refractivity contribution in [2.45, 2.75) is 45.6 Å². The topological polar surface area (TPSA) is 130 Å².